The predicted molar refractivity (Wildman–Crippen MR) is 112 cm³/mol. The second-order valence-corrected chi connectivity index (χ2v) is 8.51. The minimum absolute atomic E-state index is 0. The summed E-state index contributed by atoms with van der Waals surface area (Å²) in [4.78, 5) is 15.6. The summed E-state index contributed by atoms with van der Waals surface area (Å²) in [5.41, 5.74) is 4.86. The lowest BCUT2D eigenvalue weighted by Gasteiger charge is -2.37. The van der Waals surface area contributed by atoms with Crippen LogP contribution in [0.25, 0.3) is 0 Å². The van der Waals surface area contributed by atoms with Gasteiger partial charge in [0.2, 0.25) is 0 Å². The number of piperidine rings is 1. The molecular formula is C24H27ClFNO. The van der Waals surface area contributed by atoms with Gasteiger partial charge >= 0.3 is 0 Å². The molecule has 0 N–H and O–H groups in total. The summed E-state index contributed by atoms with van der Waals surface area (Å²) >= 11 is 0. The number of nitrogens with zero attached hydrogens (tertiary/aromatic N) is 1. The Morgan fingerprint density at radius 3 is 2.61 bits per heavy atom. The van der Waals surface area contributed by atoms with Crippen LogP contribution in [-0.4, -0.2) is 23.8 Å². The average Bonchev–Trinajstić information content (AvgIpc) is 2.97. The first-order valence-electron chi connectivity index (χ1n) is 10.3. The van der Waals surface area contributed by atoms with Crippen molar-refractivity contribution < 1.29 is 9.18 Å². The molecule has 2 aromatic carbocycles. The monoisotopic (exact) mass is 399 g/mol. The SMILES string of the molecule is Cl.O=C1c2cccc3c2C(CCC3)C1C1CCN(Cc2cccc(F)c2)CC1. The van der Waals surface area contributed by atoms with Crippen molar-refractivity contribution in [2.24, 2.45) is 11.8 Å². The second kappa shape index (κ2) is 7.96. The summed E-state index contributed by atoms with van der Waals surface area (Å²) in [6.45, 7) is 2.80. The number of benzene rings is 2. The van der Waals surface area contributed by atoms with Crippen molar-refractivity contribution in [3.05, 3.63) is 70.5 Å². The van der Waals surface area contributed by atoms with Crippen LogP contribution in [-0.2, 0) is 13.0 Å². The maximum Gasteiger partial charge on any atom is 0.167 e. The van der Waals surface area contributed by atoms with Gasteiger partial charge in [-0.25, -0.2) is 4.39 Å². The van der Waals surface area contributed by atoms with E-state index in [-0.39, 0.29) is 24.1 Å². The van der Waals surface area contributed by atoms with E-state index in [0.717, 1.165) is 50.0 Å². The zero-order valence-electron chi connectivity index (χ0n) is 16.1. The van der Waals surface area contributed by atoms with E-state index in [1.807, 2.05) is 6.07 Å². The van der Waals surface area contributed by atoms with Crippen molar-refractivity contribution in [2.45, 2.75) is 44.6 Å². The zero-order valence-corrected chi connectivity index (χ0v) is 16.9. The van der Waals surface area contributed by atoms with Crippen LogP contribution in [0.1, 0.15) is 58.6 Å². The highest BCUT2D eigenvalue weighted by atomic mass is 35.5. The van der Waals surface area contributed by atoms with E-state index in [1.54, 1.807) is 12.1 Å². The Morgan fingerprint density at radius 2 is 1.82 bits per heavy atom. The molecule has 4 heteroatoms. The Morgan fingerprint density at radius 1 is 1.04 bits per heavy atom. The molecule has 0 amide bonds. The molecule has 2 atom stereocenters. The molecule has 0 radical (unpaired) electrons. The largest absolute Gasteiger partial charge is 0.299 e. The highest BCUT2D eigenvalue weighted by molar-refractivity contribution is 6.03. The first kappa shape index (κ1) is 19.6. The minimum Gasteiger partial charge on any atom is -0.299 e. The Bertz CT molecular complexity index is 875. The molecule has 2 aliphatic carbocycles. The van der Waals surface area contributed by atoms with Crippen molar-refractivity contribution >= 4 is 18.2 Å². The van der Waals surface area contributed by atoms with Crippen LogP contribution in [0.5, 0.6) is 0 Å². The Kier molecular flexibility index (Phi) is 5.57. The quantitative estimate of drug-likeness (QED) is 0.689. The van der Waals surface area contributed by atoms with E-state index in [0.29, 0.717) is 17.6 Å². The smallest absolute Gasteiger partial charge is 0.167 e. The third kappa shape index (κ3) is 3.40. The van der Waals surface area contributed by atoms with Crippen LogP contribution in [0.2, 0.25) is 0 Å². The number of aryl methyl sites for hydroxylation is 1. The molecule has 28 heavy (non-hydrogen) atoms. The standard InChI is InChI=1S/C24H26FNO.ClH/c25-19-7-1-4-16(14-19)15-26-12-10-18(11-13-26)23-20-8-2-5-17-6-3-9-21(22(17)20)24(23)27;/h1,3-4,6-7,9,14,18,20,23H,2,5,8,10-13,15H2;1H. The summed E-state index contributed by atoms with van der Waals surface area (Å²) in [5, 5.41) is 0. The topological polar surface area (TPSA) is 20.3 Å². The number of likely N-dealkylation sites (tertiary alicyclic amines) is 1. The van der Waals surface area contributed by atoms with E-state index in [4.69, 9.17) is 0 Å². The van der Waals surface area contributed by atoms with Crippen LogP contribution in [0.15, 0.2) is 42.5 Å². The molecule has 2 unspecified atom stereocenters. The van der Waals surface area contributed by atoms with E-state index in [9.17, 15) is 9.18 Å². The van der Waals surface area contributed by atoms with Gasteiger partial charge in [-0.2, -0.15) is 0 Å². The Labute approximate surface area is 172 Å². The van der Waals surface area contributed by atoms with E-state index >= 15 is 0 Å². The molecule has 2 nitrogen and oxygen atoms in total. The average molecular weight is 400 g/mol. The van der Waals surface area contributed by atoms with Crippen molar-refractivity contribution in [2.75, 3.05) is 13.1 Å². The summed E-state index contributed by atoms with van der Waals surface area (Å²) in [6, 6.07) is 13.3. The third-order valence-corrected chi connectivity index (χ3v) is 6.97. The molecule has 1 aliphatic heterocycles. The maximum absolute atomic E-state index is 13.4. The van der Waals surface area contributed by atoms with Gasteiger partial charge in [0.05, 0.1) is 0 Å². The van der Waals surface area contributed by atoms with Crippen LogP contribution in [0, 0.1) is 17.7 Å². The van der Waals surface area contributed by atoms with Crippen molar-refractivity contribution in [1.29, 1.82) is 0 Å². The zero-order chi connectivity index (χ0) is 18.4. The molecule has 0 saturated carbocycles. The summed E-state index contributed by atoms with van der Waals surface area (Å²) in [6.07, 6.45) is 5.66. The molecule has 2 aromatic rings. The van der Waals surface area contributed by atoms with Crippen molar-refractivity contribution in [1.82, 2.24) is 4.90 Å². The molecular weight excluding hydrogens is 373 g/mol. The molecule has 1 saturated heterocycles. The highest BCUT2D eigenvalue weighted by Crippen LogP contribution is 2.50. The minimum atomic E-state index is -0.162. The van der Waals surface area contributed by atoms with Gasteiger partial charge in [0, 0.05) is 18.0 Å². The van der Waals surface area contributed by atoms with Crippen molar-refractivity contribution in [3.63, 3.8) is 0 Å². The molecule has 1 fully saturated rings. The van der Waals surface area contributed by atoms with E-state index < -0.39 is 0 Å². The van der Waals surface area contributed by atoms with Gasteiger partial charge in [0.25, 0.3) is 0 Å². The van der Waals surface area contributed by atoms with Gasteiger partial charge in [-0.3, -0.25) is 9.69 Å². The van der Waals surface area contributed by atoms with Crippen LogP contribution < -0.4 is 0 Å². The Balaban J connectivity index is 0.00000192. The number of carbonyl (C=O) groups excluding carboxylic acids is 1. The van der Waals surface area contributed by atoms with Gasteiger partial charge < -0.3 is 0 Å². The fraction of sp³-hybridized carbons (Fsp3) is 0.458. The van der Waals surface area contributed by atoms with Crippen molar-refractivity contribution in [3.8, 4) is 0 Å². The number of rotatable bonds is 3. The van der Waals surface area contributed by atoms with Crippen LogP contribution >= 0.6 is 12.4 Å². The lowest BCUT2D eigenvalue weighted by Crippen LogP contribution is -2.38. The Hall–Kier alpha value is -1.71. The number of carbonyl (C=O) groups is 1. The lowest BCUT2D eigenvalue weighted by molar-refractivity contribution is 0.0773. The predicted octanol–water partition coefficient (Wildman–Crippen LogP) is 5.39. The molecule has 0 aromatic heterocycles. The summed E-state index contributed by atoms with van der Waals surface area (Å²) < 4.78 is 13.4. The number of hydrogen-bond acceptors (Lipinski definition) is 2. The maximum atomic E-state index is 13.4. The fourth-order valence-corrected chi connectivity index (χ4v) is 5.77. The fourth-order valence-electron chi connectivity index (χ4n) is 5.77. The number of hydrogen-bond donors (Lipinski definition) is 0. The second-order valence-electron chi connectivity index (χ2n) is 8.51. The van der Waals surface area contributed by atoms with E-state index in [1.165, 1.54) is 30.0 Å². The summed E-state index contributed by atoms with van der Waals surface area (Å²) in [5.74, 6) is 1.38. The van der Waals surface area contributed by atoms with Crippen LogP contribution in [0.4, 0.5) is 4.39 Å². The van der Waals surface area contributed by atoms with Crippen LogP contribution in [0.3, 0.4) is 0 Å². The number of halogens is 2. The highest BCUT2D eigenvalue weighted by Gasteiger charge is 2.46. The number of Topliss-reactive ketones (excluding diaryl/α,β-unsaturated/α-hetero) is 1. The third-order valence-electron chi connectivity index (χ3n) is 6.97. The molecule has 148 valence electrons. The normalized spacial score (nSPS) is 24.7. The van der Waals surface area contributed by atoms with Gasteiger partial charge in [-0.15, -0.1) is 12.4 Å². The molecule has 0 bridgehead atoms. The lowest BCUT2D eigenvalue weighted by atomic mass is 9.72. The summed E-state index contributed by atoms with van der Waals surface area (Å²) in [7, 11) is 0. The first-order chi connectivity index (χ1) is 13.2. The van der Waals surface area contributed by atoms with E-state index in [2.05, 4.69) is 23.1 Å². The molecule has 3 aliphatic rings. The van der Waals surface area contributed by atoms with Gasteiger partial charge in [-0.1, -0.05) is 30.3 Å². The van der Waals surface area contributed by atoms with Gasteiger partial charge in [0.1, 0.15) is 5.82 Å². The molecule has 5 rings (SSSR count). The molecule has 0 spiro atoms. The van der Waals surface area contributed by atoms with Gasteiger partial charge in [-0.05, 0) is 85.9 Å². The number of ketones is 1. The van der Waals surface area contributed by atoms with Gasteiger partial charge in [0.15, 0.2) is 5.78 Å². The molecule has 1 heterocycles. The first-order valence-corrected chi connectivity index (χ1v) is 10.3.